The number of carbonyl (C=O) groups is 1. The highest BCUT2D eigenvalue weighted by Crippen LogP contribution is 2.22. The molecule has 2 atom stereocenters. The van der Waals surface area contributed by atoms with Crippen molar-refractivity contribution < 1.29 is 13.2 Å². The van der Waals surface area contributed by atoms with Crippen LogP contribution in [0.4, 0.5) is 5.69 Å². The lowest BCUT2D eigenvalue weighted by atomic mass is 9.92. The fourth-order valence-corrected chi connectivity index (χ4v) is 3.41. The van der Waals surface area contributed by atoms with Crippen LogP contribution in [0.25, 0.3) is 0 Å². The molecule has 4 N–H and O–H groups in total. The molecule has 2 unspecified atom stereocenters. The highest BCUT2D eigenvalue weighted by Gasteiger charge is 2.25. The van der Waals surface area contributed by atoms with E-state index in [0.29, 0.717) is 17.3 Å². The van der Waals surface area contributed by atoms with Gasteiger partial charge in [0.25, 0.3) is 0 Å². The summed E-state index contributed by atoms with van der Waals surface area (Å²) in [6.45, 7) is 4.53. The molecular weight excluding hydrogens is 290 g/mol. The Morgan fingerprint density at radius 2 is 2.14 bits per heavy atom. The van der Waals surface area contributed by atoms with E-state index in [1.165, 1.54) is 6.07 Å². The number of rotatable bonds is 3. The van der Waals surface area contributed by atoms with Crippen molar-refractivity contribution in [2.45, 2.75) is 37.6 Å². The predicted molar refractivity (Wildman–Crippen MR) is 81.4 cm³/mol. The lowest BCUT2D eigenvalue weighted by Crippen LogP contribution is -2.40. The zero-order chi connectivity index (χ0) is 15.6. The largest absolute Gasteiger partial charge is 0.326 e. The summed E-state index contributed by atoms with van der Waals surface area (Å²) in [5.74, 6) is -0.131. The number of piperidine rings is 1. The lowest BCUT2D eigenvalue weighted by molar-refractivity contribution is -0.120. The van der Waals surface area contributed by atoms with Gasteiger partial charge in [-0.05, 0) is 50.9 Å². The third-order valence-corrected chi connectivity index (χ3v) is 4.81. The van der Waals surface area contributed by atoms with E-state index in [2.05, 4.69) is 10.6 Å². The van der Waals surface area contributed by atoms with Crippen molar-refractivity contribution in [1.82, 2.24) is 5.32 Å². The van der Waals surface area contributed by atoms with Crippen LogP contribution in [0.1, 0.15) is 25.3 Å². The Balaban J connectivity index is 2.14. The molecular formula is C14H21N3O3S. The second-order valence-corrected chi connectivity index (χ2v) is 7.12. The summed E-state index contributed by atoms with van der Waals surface area (Å²) in [4.78, 5) is 12.3. The Morgan fingerprint density at radius 3 is 2.76 bits per heavy atom. The Labute approximate surface area is 125 Å². The second-order valence-electron chi connectivity index (χ2n) is 5.59. The van der Waals surface area contributed by atoms with Gasteiger partial charge in [0, 0.05) is 17.6 Å². The van der Waals surface area contributed by atoms with E-state index < -0.39 is 10.0 Å². The normalized spacial score (nSPS) is 22.8. The van der Waals surface area contributed by atoms with Gasteiger partial charge in [0.05, 0.1) is 4.90 Å². The molecule has 7 heteroatoms. The zero-order valence-corrected chi connectivity index (χ0v) is 13.0. The molecule has 116 valence electrons. The third-order valence-electron chi connectivity index (χ3n) is 3.76. The van der Waals surface area contributed by atoms with Crippen LogP contribution in [-0.2, 0) is 14.8 Å². The lowest BCUT2D eigenvalue weighted by Gasteiger charge is -2.27. The maximum atomic E-state index is 12.2. The molecule has 21 heavy (non-hydrogen) atoms. The average Bonchev–Trinajstić information content (AvgIpc) is 2.39. The number of nitrogens with one attached hydrogen (secondary N) is 2. The van der Waals surface area contributed by atoms with E-state index in [0.717, 1.165) is 19.4 Å². The molecule has 1 amide bonds. The molecule has 1 saturated heterocycles. The number of sulfonamides is 1. The topological polar surface area (TPSA) is 101 Å². The minimum absolute atomic E-state index is 0.0407. The SMILES string of the molecule is Cc1ccc(NC(=O)C2CCNC(C)C2)cc1S(N)(=O)=O. The number of primary sulfonamides is 1. The molecule has 0 saturated carbocycles. The van der Waals surface area contributed by atoms with Crippen molar-refractivity contribution in [3.63, 3.8) is 0 Å². The summed E-state index contributed by atoms with van der Waals surface area (Å²) in [6.07, 6.45) is 1.56. The van der Waals surface area contributed by atoms with E-state index >= 15 is 0 Å². The predicted octanol–water partition coefficient (Wildman–Crippen LogP) is 0.969. The van der Waals surface area contributed by atoms with E-state index in [1.54, 1.807) is 19.1 Å². The first-order valence-electron chi connectivity index (χ1n) is 6.95. The van der Waals surface area contributed by atoms with E-state index in [9.17, 15) is 13.2 Å². The second kappa shape index (κ2) is 6.13. The first-order chi connectivity index (χ1) is 9.77. The monoisotopic (exact) mass is 311 g/mol. The van der Waals surface area contributed by atoms with Gasteiger partial charge in [0.2, 0.25) is 15.9 Å². The molecule has 0 bridgehead atoms. The minimum Gasteiger partial charge on any atom is -0.326 e. The molecule has 1 heterocycles. The van der Waals surface area contributed by atoms with Crippen LogP contribution in [0.15, 0.2) is 23.1 Å². The van der Waals surface area contributed by atoms with Crippen LogP contribution in [0, 0.1) is 12.8 Å². The number of anilines is 1. The van der Waals surface area contributed by atoms with Crippen LogP contribution < -0.4 is 15.8 Å². The summed E-state index contributed by atoms with van der Waals surface area (Å²) in [5.41, 5.74) is 1.02. The van der Waals surface area contributed by atoms with Crippen molar-refractivity contribution >= 4 is 21.6 Å². The van der Waals surface area contributed by atoms with Gasteiger partial charge in [-0.1, -0.05) is 6.07 Å². The van der Waals surface area contributed by atoms with Crippen molar-refractivity contribution in [3.05, 3.63) is 23.8 Å². The summed E-state index contributed by atoms with van der Waals surface area (Å²) in [5, 5.41) is 11.2. The highest BCUT2D eigenvalue weighted by atomic mass is 32.2. The van der Waals surface area contributed by atoms with Crippen molar-refractivity contribution in [2.24, 2.45) is 11.1 Å². The van der Waals surface area contributed by atoms with Crippen molar-refractivity contribution in [1.29, 1.82) is 0 Å². The van der Waals surface area contributed by atoms with E-state index in [1.807, 2.05) is 6.92 Å². The van der Waals surface area contributed by atoms with Gasteiger partial charge in [-0.2, -0.15) is 0 Å². The molecule has 0 aromatic heterocycles. The van der Waals surface area contributed by atoms with E-state index in [4.69, 9.17) is 5.14 Å². The molecule has 0 radical (unpaired) electrons. The van der Waals surface area contributed by atoms with Crippen LogP contribution in [-0.4, -0.2) is 26.9 Å². The van der Waals surface area contributed by atoms with Crippen molar-refractivity contribution in [2.75, 3.05) is 11.9 Å². The van der Waals surface area contributed by atoms with Crippen molar-refractivity contribution in [3.8, 4) is 0 Å². The molecule has 6 nitrogen and oxygen atoms in total. The van der Waals surface area contributed by atoms with Crippen LogP contribution >= 0.6 is 0 Å². The molecule has 0 aliphatic carbocycles. The molecule has 1 aromatic carbocycles. The maximum Gasteiger partial charge on any atom is 0.238 e. The maximum absolute atomic E-state index is 12.2. The summed E-state index contributed by atoms with van der Waals surface area (Å²) in [6, 6.07) is 5.05. The number of benzene rings is 1. The minimum atomic E-state index is -3.79. The molecule has 1 aromatic rings. The smallest absolute Gasteiger partial charge is 0.238 e. The Morgan fingerprint density at radius 1 is 1.43 bits per heavy atom. The summed E-state index contributed by atoms with van der Waals surface area (Å²) < 4.78 is 23.0. The molecule has 1 fully saturated rings. The van der Waals surface area contributed by atoms with Crippen LogP contribution in [0.5, 0.6) is 0 Å². The zero-order valence-electron chi connectivity index (χ0n) is 12.2. The summed E-state index contributed by atoms with van der Waals surface area (Å²) in [7, 11) is -3.79. The number of nitrogens with two attached hydrogens (primary N) is 1. The average molecular weight is 311 g/mol. The molecule has 1 aliphatic heterocycles. The van der Waals surface area contributed by atoms with Gasteiger partial charge in [-0.15, -0.1) is 0 Å². The molecule has 1 aliphatic rings. The van der Waals surface area contributed by atoms with Gasteiger partial charge >= 0.3 is 0 Å². The Hall–Kier alpha value is -1.44. The first kappa shape index (κ1) is 15.9. The fraction of sp³-hybridized carbons (Fsp3) is 0.500. The van der Waals surface area contributed by atoms with Crippen LogP contribution in [0.2, 0.25) is 0 Å². The van der Waals surface area contributed by atoms with Crippen LogP contribution in [0.3, 0.4) is 0 Å². The number of carbonyl (C=O) groups excluding carboxylic acids is 1. The third kappa shape index (κ3) is 4.03. The molecule has 2 rings (SSSR count). The number of hydrogen-bond donors (Lipinski definition) is 3. The highest BCUT2D eigenvalue weighted by molar-refractivity contribution is 7.89. The fourth-order valence-electron chi connectivity index (χ4n) is 2.60. The summed E-state index contributed by atoms with van der Waals surface area (Å²) >= 11 is 0. The number of aryl methyl sites for hydroxylation is 1. The molecule has 0 spiro atoms. The van der Waals surface area contributed by atoms with Gasteiger partial charge in [0.15, 0.2) is 0 Å². The standard InChI is InChI=1S/C14H21N3O3S/c1-9-3-4-12(8-13(9)21(15,19)20)17-14(18)11-5-6-16-10(2)7-11/h3-4,8,10-11,16H,5-7H2,1-2H3,(H,17,18)(H2,15,19,20). The van der Waals surface area contributed by atoms with Gasteiger partial charge in [-0.25, -0.2) is 13.6 Å². The number of hydrogen-bond acceptors (Lipinski definition) is 4. The van der Waals surface area contributed by atoms with Gasteiger partial charge < -0.3 is 10.6 Å². The quantitative estimate of drug-likeness (QED) is 0.774. The Kier molecular flexibility index (Phi) is 4.65. The number of amides is 1. The van der Waals surface area contributed by atoms with E-state index in [-0.39, 0.29) is 16.7 Å². The first-order valence-corrected chi connectivity index (χ1v) is 8.49. The van der Waals surface area contributed by atoms with Gasteiger partial charge in [0.1, 0.15) is 0 Å². The Bertz CT molecular complexity index is 643. The van der Waals surface area contributed by atoms with Gasteiger partial charge in [-0.3, -0.25) is 4.79 Å².